The summed E-state index contributed by atoms with van der Waals surface area (Å²) < 4.78 is 31.8. The van der Waals surface area contributed by atoms with Gasteiger partial charge in [0.2, 0.25) is 0 Å². The van der Waals surface area contributed by atoms with Gasteiger partial charge in [-0.2, -0.15) is 4.98 Å². The van der Waals surface area contributed by atoms with Crippen molar-refractivity contribution < 1.29 is 13.2 Å². The van der Waals surface area contributed by atoms with Crippen molar-refractivity contribution in [2.24, 2.45) is 0 Å². The average Bonchev–Trinajstić information content (AvgIpc) is 2.75. The number of halogens is 2. The monoisotopic (exact) mass is 261 g/mol. The lowest BCUT2D eigenvalue weighted by atomic mass is 10.3. The maximum atomic E-state index is 13.5. The first-order valence-electron chi connectivity index (χ1n) is 5.50. The van der Waals surface area contributed by atoms with Crippen LogP contribution in [0, 0.1) is 11.6 Å². The molecule has 0 saturated heterocycles. The van der Waals surface area contributed by atoms with Crippen LogP contribution in [0.1, 0.15) is 0 Å². The van der Waals surface area contributed by atoms with Crippen molar-refractivity contribution in [3.63, 3.8) is 0 Å². The molecule has 96 valence electrons. The Morgan fingerprint density at radius 2 is 1.95 bits per heavy atom. The van der Waals surface area contributed by atoms with Crippen molar-refractivity contribution in [3.05, 3.63) is 48.0 Å². The quantitative estimate of drug-likeness (QED) is 0.694. The van der Waals surface area contributed by atoms with E-state index in [0.29, 0.717) is 16.8 Å². The van der Waals surface area contributed by atoms with Crippen LogP contribution in [0.2, 0.25) is 0 Å². The van der Waals surface area contributed by atoms with Gasteiger partial charge in [-0.05, 0) is 24.3 Å². The molecule has 0 unspecified atom stereocenters. The first-order chi connectivity index (χ1) is 9.11. The zero-order chi connectivity index (χ0) is 13.4. The molecule has 1 heterocycles. The lowest BCUT2D eigenvalue weighted by Gasteiger charge is -2.02. The van der Waals surface area contributed by atoms with Crippen LogP contribution in [0.4, 0.5) is 26.2 Å². The second-order valence-electron chi connectivity index (χ2n) is 4.00. The molecule has 0 amide bonds. The lowest BCUT2D eigenvalue weighted by molar-refractivity contribution is 0.597. The second kappa shape index (κ2) is 4.24. The first kappa shape index (κ1) is 11.5. The minimum atomic E-state index is -0.594. The zero-order valence-electron chi connectivity index (χ0n) is 9.65. The van der Waals surface area contributed by atoms with E-state index in [0.717, 1.165) is 18.2 Å². The molecule has 0 saturated carbocycles. The van der Waals surface area contributed by atoms with Gasteiger partial charge in [-0.1, -0.05) is 0 Å². The molecule has 0 aliphatic rings. The lowest BCUT2D eigenvalue weighted by Crippen LogP contribution is -1.94. The molecule has 0 radical (unpaired) electrons. The molecule has 6 heteroatoms. The van der Waals surface area contributed by atoms with Crippen molar-refractivity contribution in [2.45, 2.75) is 0 Å². The summed E-state index contributed by atoms with van der Waals surface area (Å²) in [4.78, 5) is 4.10. The molecule has 0 aliphatic carbocycles. The average molecular weight is 261 g/mol. The molecule has 0 aliphatic heterocycles. The summed E-state index contributed by atoms with van der Waals surface area (Å²) in [5.41, 5.74) is 7.15. The number of anilines is 3. The third kappa shape index (κ3) is 2.20. The van der Waals surface area contributed by atoms with E-state index in [1.165, 1.54) is 0 Å². The minimum absolute atomic E-state index is 0.0421. The van der Waals surface area contributed by atoms with Gasteiger partial charge in [-0.25, -0.2) is 8.78 Å². The molecule has 0 bridgehead atoms. The van der Waals surface area contributed by atoms with Crippen LogP contribution in [-0.4, -0.2) is 4.98 Å². The Bertz CT molecular complexity index is 755. The van der Waals surface area contributed by atoms with E-state index in [1.807, 2.05) is 0 Å². The molecule has 0 spiro atoms. The summed E-state index contributed by atoms with van der Waals surface area (Å²) in [5.74, 6) is -1.15. The van der Waals surface area contributed by atoms with E-state index in [9.17, 15) is 8.78 Å². The number of nitrogens with one attached hydrogen (secondary N) is 1. The smallest absolute Gasteiger partial charge is 0.300 e. The van der Waals surface area contributed by atoms with Crippen LogP contribution in [-0.2, 0) is 0 Å². The van der Waals surface area contributed by atoms with E-state index in [4.69, 9.17) is 10.2 Å². The molecule has 4 nitrogen and oxygen atoms in total. The summed E-state index contributed by atoms with van der Waals surface area (Å²) in [6.45, 7) is 0. The third-order valence-corrected chi connectivity index (χ3v) is 2.58. The molecule has 0 atom stereocenters. The fourth-order valence-electron chi connectivity index (χ4n) is 1.70. The molecular formula is C13H9F2N3O. The van der Waals surface area contributed by atoms with Gasteiger partial charge in [-0.15, -0.1) is 0 Å². The van der Waals surface area contributed by atoms with Crippen molar-refractivity contribution in [3.8, 4) is 0 Å². The van der Waals surface area contributed by atoms with Crippen LogP contribution < -0.4 is 11.1 Å². The van der Waals surface area contributed by atoms with Gasteiger partial charge in [0.25, 0.3) is 6.01 Å². The number of benzene rings is 2. The predicted octanol–water partition coefficient (Wildman–Crippen LogP) is 3.43. The highest BCUT2D eigenvalue weighted by molar-refractivity contribution is 5.78. The molecule has 3 rings (SSSR count). The topological polar surface area (TPSA) is 64.1 Å². The fraction of sp³-hybridized carbons (Fsp3) is 0. The van der Waals surface area contributed by atoms with Gasteiger partial charge < -0.3 is 15.5 Å². The highest BCUT2D eigenvalue weighted by Crippen LogP contribution is 2.25. The first-order valence-corrected chi connectivity index (χ1v) is 5.50. The molecule has 3 aromatic rings. The number of nitrogens with zero attached hydrogens (tertiary/aromatic N) is 1. The largest absolute Gasteiger partial charge is 0.423 e. The van der Waals surface area contributed by atoms with E-state index in [-0.39, 0.29) is 11.7 Å². The molecular weight excluding hydrogens is 252 g/mol. The molecule has 19 heavy (non-hydrogen) atoms. The van der Waals surface area contributed by atoms with Crippen LogP contribution in [0.25, 0.3) is 11.1 Å². The number of hydrogen-bond donors (Lipinski definition) is 2. The van der Waals surface area contributed by atoms with E-state index in [2.05, 4.69) is 10.3 Å². The van der Waals surface area contributed by atoms with Gasteiger partial charge >= 0.3 is 0 Å². The summed E-state index contributed by atoms with van der Waals surface area (Å²) in [7, 11) is 0. The third-order valence-electron chi connectivity index (χ3n) is 2.58. The summed E-state index contributed by atoms with van der Waals surface area (Å²) in [6.07, 6.45) is 0. The molecule has 3 N–H and O–H groups in total. The van der Waals surface area contributed by atoms with Crippen LogP contribution in [0.15, 0.2) is 40.8 Å². The van der Waals surface area contributed by atoms with Crippen LogP contribution in [0.3, 0.4) is 0 Å². The number of nitrogens with two attached hydrogens (primary N) is 1. The zero-order valence-corrected chi connectivity index (χ0v) is 9.65. The van der Waals surface area contributed by atoms with Crippen LogP contribution in [0.5, 0.6) is 0 Å². The summed E-state index contributed by atoms with van der Waals surface area (Å²) in [6, 6.07) is 8.13. The van der Waals surface area contributed by atoms with E-state index in [1.54, 1.807) is 18.2 Å². The molecule has 2 aromatic carbocycles. The van der Waals surface area contributed by atoms with Gasteiger partial charge in [0, 0.05) is 17.8 Å². The maximum Gasteiger partial charge on any atom is 0.300 e. The molecule has 1 aromatic heterocycles. The number of oxazole rings is 1. The SMILES string of the molecule is Nc1ccc2nc(Nc3cc(F)ccc3F)oc2c1. The van der Waals surface area contributed by atoms with Gasteiger partial charge in [-0.3, -0.25) is 0 Å². The highest BCUT2D eigenvalue weighted by atomic mass is 19.1. The Morgan fingerprint density at radius 1 is 1.11 bits per heavy atom. The Hall–Kier alpha value is -2.63. The number of nitrogen functional groups attached to an aromatic ring is 1. The Balaban J connectivity index is 1.98. The standard InChI is InChI=1S/C13H9F2N3O/c14-7-1-3-9(15)11(5-7)18-13-17-10-4-2-8(16)6-12(10)19-13/h1-6H,16H2,(H,17,18). The van der Waals surface area contributed by atoms with Crippen molar-refractivity contribution in [2.75, 3.05) is 11.1 Å². The highest BCUT2D eigenvalue weighted by Gasteiger charge is 2.09. The van der Waals surface area contributed by atoms with Crippen molar-refractivity contribution in [1.82, 2.24) is 4.98 Å². The normalized spacial score (nSPS) is 10.8. The second-order valence-corrected chi connectivity index (χ2v) is 4.00. The number of rotatable bonds is 2. The van der Waals surface area contributed by atoms with Crippen molar-refractivity contribution in [1.29, 1.82) is 0 Å². The van der Waals surface area contributed by atoms with E-state index < -0.39 is 11.6 Å². The Morgan fingerprint density at radius 3 is 2.79 bits per heavy atom. The Labute approximate surface area is 106 Å². The fourth-order valence-corrected chi connectivity index (χ4v) is 1.70. The van der Waals surface area contributed by atoms with E-state index >= 15 is 0 Å². The number of aromatic nitrogens is 1. The van der Waals surface area contributed by atoms with Crippen LogP contribution >= 0.6 is 0 Å². The van der Waals surface area contributed by atoms with Gasteiger partial charge in [0.1, 0.15) is 17.2 Å². The number of fused-ring (bicyclic) bond motifs is 1. The van der Waals surface area contributed by atoms with Gasteiger partial charge in [0.15, 0.2) is 5.58 Å². The minimum Gasteiger partial charge on any atom is -0.423 e. The number of hydrogen-bond acceptors (Lipinski definition) is 4. The Kier molecular flexibility index (Phi) is 2.56. The maximum absolute atomic E-state index is 13.5. The summed E-state index contributed by atoms with van der Waals surface area (Å²) >= 11 is 0. The predicted molar refractivity (Wildman–Crippen MR) is 68.1 cm³/mol. The molecule has 0 fully saturated rings. The van der Waals surface area contributed by atoms with Crippen molar-refractivity contribution >= 4 is 28.5 Å². The summed E-state index contributed by atoms with van der Waals surface area (Å²) in [5, 5.41) is 2.59. The van der Waals surface area contributed by atoms with Gasteiger partial charge in [0.05, 0.1) is 5.69 Å².